The highest BCUT2D eigenvalue weighted by atomic mass is 15.2. The number of aryl methyl sites for hydroxylation is 2. The van der Waals surface area contributed by atoms with Gasteiger partial charge in [0.1, 0.15) is 12.1 Å². The maximum atomic E-state index is 4.41. The van der Waals surface area contributed by atoms with Crippen molar-refractivity contribution in [2.24, 2.45) is 0 Å². The van der Waals surface area contributed by atoms with Crippen LogP contribution in [0.25, 0.3) is 0 Å². The highest BCUT2D eigenvalue weighted by Gasteiger charge is 2.22. The third-order valence-corrected chi connectivity index (χ3v) is 3.93. The predicted octanol–water partition coefficient (Wildman–Crippen LogP) is 2.87. The van der Waals surface area contributed by atoms with Gasteiger partial charge in [0.2, 0.25) is 0 Å². The van der Waals surface area contributed by atoms with E-state index in [0.29, 0.717) is 5.92 Å². The Morgan fingerprint density at radius 2 is 1.95 bits per heavy atom. The van der Waals surface area contributed by atoms with Gasteiger partial charge in [-0.2, -0.15) is 0 Å². The lowest BCUT2D eigenvalue weighted by Gasteiger charge is -2.34. The molecule has 104 valence electrons. The molecule has 1 atom stereocenters. The summed E-state index contributed by atoms with van der Waals surface area (Å²) >= 11 is 0. The van der Waals surface area contributed by atoms with Crippen molar-refractivity contribution in [2.45, 2.75) is 32.6 Å². The van der Waals surface area contributed by atoms with Crippen molar-refractivity contribution < 1.29 is 0 Å². The summed E-state index contributed by atoms with van der Waals surface area (Å²) in [6.07, 6.45) is 6.02. The Balaban J connectivity index is 1.80. The highest BCUT2D eigenvalue weighted by Crippen LogP contribution is 2.29. The number of hydrogen-bond donors (Lipinski definition) is 0. The second kappa shape index (κ2) is 5.57. The summed E-state index contributed by atoms with van der Waals surface area (Å²) in [7, 11) is 0. The standard InChI is InChI=1S/C16H20N4/c1-12-8-14(5-6-17-12)15-4-3-7-20(10-15)16-9-13(2)18-11-19-16/h5-6,8-9,11,15H,3-4,7,10H2,1-2H3/t15-/m1/s1. The zero-order chi connectivity index (χ0) is 13.9. The molecule has 0 bridgehead atoms. The molecule has 0 radical (unpaired) electrons. The number of nitrogens with zero attached hydrogens (tertiary/aromatic N) is 4. The first kappa shape index (κ1) is 13.0. The Morgan fingerprint density at radius 1 is 1.10 bits per heavy atom. The van der Waals surface area contributed by atoms with E-state index in [1.54, 1.807) is 6.33 Å². The average molecular weight is 268 g/mol. The molecule has 0 spiro atoms. The molecular weight excluding hydrogens is 248 g/mol. The largest absolute Gasteiger partial charge is 0.356 e. The van der Waals surface area contributed by atoms with Crippen LogP contribution in [0.5, 0.6) is 0 Å². The van der Waals surface area contributed by atoms with Gasteiger partial charge >= 0.3 is 0 Å². The Hall–Kier alpha value is -1.97. The Kier molecular flexibility index (Phi) is 3.63. The van der Waals surface area contributed by atoms with E-state index >= 15 is 0 Å². The van der Waals surface area contributed by atoms with E-state index in [2.05, 4.69) is 45.0 Å². The van der Waals surface area contributed by atoms with E-state index in [4.69, 9.17) is 0 Å². The molecule has 0 aromatic carbocycles. The van der Waals surface area contributed by atoms with E-state index in [0.717, 1.165) is 30.3 Å². The minimum atomic E-state index is 0.570. The van der Waals surface area contributed by atoms with Crippen molar-refractivity contribution in [1.29, 1.82) is 0 Å². The second-order valence-electron chi connectivity index (χ2n) is 5.53. The molecule has 4 heteroatoms. The van der Waals surface area contributed by atoms with Crippen LogP contribution in [-0.2, 0) is 0 Å². The molecule has 0 N–H and O–H groups in total. The molecule has 1 fully saturated rings. The van der Waals surface area contributed by atoms with Gasteiger partial charge in [0, 0.05) is 42.7 Å². The van der Waals surface area contributed by atoms with Crippen molar-refractivity contribution in [2.75, 3.05) is 18.0 Å². The molecule has 0 aliphatic carbocycles. The van der Waals surface area contributed by atoms with Crippen molar-refractivity contribution in [1.82, 2.24) is 15.0 Å². The summed E-state index contributed by atoms with van der Waals surface area (Å²) in [4.78, 5) is 15.3. The van der Waals surface area contributed by atoms with Crippen LogP contribution in [0.1, 0.15) is 35.7 Å². The third-order valence-electron chi connectivity index (χ3n) is 3.93. The van der Waals surface area contributed by atoms with Crippen LogP contribution >= 0.6 is 0 Å². The van der Waals surface area contributed by atoms with Gasteiger partial charge in [-0.15, -0.1) is 0 Å². The zero-order valence-electron chi connectivity index (χ0n) is 12.1. The lowest BCUT2D eigenvalue weighted by Crippen LogP contribution is -2.35. The van der Waals surface area contributed by atoms with Crippen LogP contribution in [0.4, 0.5) is 5.82 Å². The average Bonchev–Trinajstić information content (AvgIpc) is 2.47. The van der Waals surface area contributed by atoms with E-state index in [9.17, 15) is 0 Å². The fourth-order valence-electron chi connectivity index (χ4n) is 2.89. The summed E-state index contributed by atoms with van der Waals surface area (Å²) in [6.45, 7) is 6.17. The van der Waals surface area contributed by atoms with E-state index in [1.165, 1.54) is 18.4 Å². The topological polar surface area (TPSA) is 41.9 Å². The maximum Gasteiger partial charge on any atom is 0.132 e. The van der Waals surface area contributed by atoms with E-state index in [1.807, 2.05) is 13.1 Å². The van der Waals surface area contributed by atoms with Crippen molar-refractivity contribution in [3.05, 3.63) is 47.7 Å². The van der Waals surface area contributed by atoms with Crippen LogP contribution in [0, 0.1) is 13.8 Å². The lowest BCUT2D eigenvalue weighted by molar-refractivity contribution is 0.506. The van der Waals surface area contributed by atoms with Crippen LogP contribution in [-0.4, -0.2) is 28.0 Å². The molecule has 20 heavy (non-hydrogen) atoms. The molecule has 1 aliphatic heterocycles. The molecule has 1 saturated heterocycles. The molecular formula is C16H20N4. The molecule has 3 rings (SSSR count). The van der Waals surface area contributed by atoms with Gasteiger partial charge in [-0.3, -0.25) is 4.98 Å². The first-order valence-corrected chi connectivity index (χ1v) is 7.18. The molecule has 1 aliphatic rings. The fourth-order valence-corrected chi connectivity index (χ4v) is 2.89. The molecule has 0 amide bonds. The van der Waals surface area contributed by atoms with Crippen molar-refractivity contribution in [3.63, 3.8) is 0 Å². The smallest absolute Gasteiger partial charge is 0.132 e. The lowest BCUT2D eigenvalue weighted by atomic mass is 9.91. The fraction of sp³-hybridized carbons (Fsp3) is 0.438. The van der Waals surface area contributed by atoms with Crippen molar-refractivity contribution in [3.8, 4) is 0 Å². The Bertz CT molecular complexity index is 545. The molecule has 0 unspecified atom stereocenters. The quantitative estimate of drug-likeness (QED) is 0.840. The summed E-state index contributed by atoms with van der Waals surface area (Å²) in [5.74, 6) is 1.62. The van der Waals surface area contributed by atoms with Gasteiger partial charge in [-0.1, -0.05) is 0 Å². The maximum absolute atomic E-state index is 4.41. The van der Waals surface area contributed by atoms with Crippen LogP contribution in [0.3, 0.4) is 0 Å². The Morgan fingerprint density at radius 3 is 2.75 bits per heavy atom. The molecule has 3 heterocycles. The number of aromatic nitrogens is 3. The second-order valence-corrected chi connectivity index (χ2v) is 5.53. The number of anilines is 1. The van der Waals surface area contributed by atoms with Gasteiger partial charge in [0.05, 0.1) is 0 Å². The van der Waals surface area contributed by atoms with Crippen molar-refractivity contribution >= 4 is 5.82 Å². The monoisotopic (exact) mass is 268 g/mol. The Labute approximate surface area is 119 Å². The predicted molar refractivity (Wildman–Crippen MR) is 79.9 cm³/mol. The van der Waals surface area contributed by atoms with Gasteiger partial charge in [-0.25, -0.2) is 9.97 Å². The minimum absolute atomic E-state index is 0.570. The first-order chi connectivity index (χ1) is 9.72. The van der Waals surface area contributed by atoms with E-state index < -0.39 is 0 Å². The molecule has 0 saturated carbocycles. The van der Waals surface area contributed by atoms with Gasteiger partial charge in [0.25, 0.3) is 0 Å². The SMILES string of the molecule is Cc1cc([C@@H]2CCCN(c3cc(C)ncn3)C2)ccn1. The molecule has 2 aromatic rings. The summed E-state index contributed by atoms with van der Waals surface area (Å²) in [5.41, 5.74) is 3.52. The number of pyridine rings is 1. The molecule has 2 aromatic heterocycles. The number of hydrogen-bond acceptors (Lipinski definition) is 4. The summed E-state index contributed by atoms with van der Waals surface area (Å²) in [5, 5.41) is 0. The van der Waals surface area contributed by atoms with E-state index in [-0.39, 0.29) is 0 Å². The first-order valence-electron chi connectivity index (χ1n) is 7.18. The molecule has 4 nitrogen and oxygen atoms in total. The third kappa shape index (κ3) is 2.79. The van der Waals surface area contributed by atoms with Gasteiger partial charge in [-0.05, 0) is 44.4 Å². The van der Waals surface area contributed by atoms with Crippen LogP contribution < -0.4 is 4.90 Å². The minimum Gasteiger partial charge on any atom is -0.356 e. The zero-order valence-corrected chi connectivity index (χ0v) is 12.1. The van der Waals surface area contributed by atoms with Crippen LogP contribution in [0.15, 0.2) is 30.7 Å². The number of rotatable bonds is 2. The number of piperidine rings is 1. The van der Waals surface area contributed by atoms with Gasteiger partial charge < -0.3 is 4.90 Å². The summed E-state index contributed by atoms with van der Waals surface area (Å²) in [6, 6.07) is 6.42. The van der Waals surface area contributed by atoms with Crippen LogP contribution in [0.2, 0.25) is 0 Å². The summed E-state index contributed by atoms with van der Waals surface area (Å²) < 4.78 is 0. The normalized spacial score (nSPS) is 19.1. The highest BCUT2D eigenvalue weighted by molar-refractivity contribution is 5.40. The van der Waals surface area contributed by atoms with Gasteiger partial charge in [0.15, 0.2) is 0 Å².